The summed E-state index contributed by atoms with van der Waals surface area (Å²) < 4.78 is 1.35. The average Bonchev–Trinajstić information content (AvgIpc) is 2.36. The van der Waals surface area contributed by atoms with Crippen molar-refractivity contribution in [3.8, 4) is 0 Å². The third-order valence-electron chi connectivity index (χ3n) is 2.25. The molecule has 0 spiro atoms. The first-order chi connectivity index (χ1) is 8.97. The van der Waals surface area contributed by atoms with E-state index in [9.17, 15) is 14.4 Å². The van der Waals surface area contributed by atoms with Crippen LogP contribution in [0.25, 0.3) is 0 Å². The highest BCUT2D eigenvalue weighted by molar-refractivity contribution is 7.99. The van der Waals surface area contributed by atoms with Crippen molar-refractivity contribution in [2.45, 2.75) is 17.0 Å². The summed E-state index contributed by atoms with van der Waals surface area (Å²) in [5, 5.41) is 2.68. The Bertz CT molecular complexity index is 733. The number of ketones is 1. The summed E-state index contributed by atoms with van der Waals surface area (Å²) in [6.07, 6.45) is 1.51. The van der Waals surface area contributed by atoms with Crippen LogP contribution in [-0.4, -0.2) is 25.5 Å². The van der Waals surface area contributed by atoms with Crippen LogP contribution in [0.4, 0.5) is 0 Å². The number of H-pyrrole nitrogens is 1. The summed E-state index contributed by atoms with van der Waals surface area (Å²) in [7, 11) is 1.58. The van der Waals surface area contributed by atoms with Crippen molar-refractivity contribution in [3.63, 3.8) is 0 Å². The van der Waals surface area contributed by atoms with Gasteiger partial charge in [0.15, 0.2) is 10.9 Å². The van der Waals surface area contributed by atoms with E-state index in [4.69, 9.17) is 0 Å². The van der Waals surface area contributed by atoms with Crippen molar-refractivity contribution in [1.82, 2.24) is 19.7 Å². The summed E-state index contributed by atoms with van der Waals surface area (Å²) in [6.45, 7) is 1.43. The molecule has 7 nitrogen and oxygen atoms in total. The molecular weight excluding hydrogens is 268 g/mol. The second-order valence-corrected chi connectivity index (χ2v) is 4.78. The molecule has 0 atom stereocenters. The number of aryl methyl sites for hydroxylation is 1. The molecule has 0 amide bonds. The minimum absolute atomic E-state index is 0.119. The van der Waals surface area contributed by atoms with Crippen LogP contribution in [0.2, 0.25) is 0 Å². The number of aromatic nitrogens is 4. The first kappa shape index (κ1) is 13.2. The number of hydrogen-bond donors (Lipinski definition) is 1. The Morgan fingerprint density at radius 3 is 2.68 bits per heavy atom. The van der Waals surface area contributed by atoms with Crippen LogP contribution in [0.5, 0.6) is 0 Å². The molecule has 0 bridgehead atoms. The zero-order chi connectivity index (χ0) is 14.0. The molecule has 0 saturated carbocycles. The van der Waals surface area contributed by atoms with Crippen LogP contribution in [-0.2, 0) is 7.05 Å². The van der Waals surface area contributed by atoms with E-state index in [1.54, 1.807) is 19.2 Å². The molecule has 0 aromatic carbocycles. The van der Waals surface area contributed by atoms with E-state index in [2.05, 4.69) is 15.1 Å². The molecule has 19 heavy (non-hydrogen) atoms. The maximum absolute atomic E-state index is 11.2. The van der Waals surface area contributed by atoms with Gasteiger partial charge in [0.05, 0.1) is 0 Å². The van der Waals surface area contributed by atoms with Gasteiger partial charge in [0.25, 0.3) is 0 Å². The molecule has 2 heterocycles. The van der Waals surface area contributed by atoms with Crippen LogP contribution < -0.4 is 11.1 Å². The number of aromatic amines is 1. The minimum Gasteiger partial charge on any atom is -0.293 e. The maximum Gasteiger partial charge on any atom is 0.339 e. The Balaban J connectivity index is 2.31. The number of rotatable bonds is 3. The minimum atomic E-state index is -0.839. The molecule has 0 aliphatic carbocycles. The lowest BCUT2D eigenvalue weighted by molar-refractivity contribution is 0.101. The largest absolute Gasteiger partial charge is 0.339 e. The Morgan fingerprint density at radius 1 is 1.37 bits per heavy atom. The Morgan fingerprint density at radius 2 is 2.11 bits per heavy atom. The highest BCUT2D eigenvalue weighted by Crippen LogP contribution is 2.23. The topological polar surface area (TPSA) is 97.7 Å². The third kappa shape index (κ3) is 2.97. The normalized spacial score (nSPS) is 10.4. The fourth-order valence-corrected chi connectivity index (χ4v) is 2.07. The van der Waals surface area contributed by atoms with Gasteiger partial charge in [-0.25, -0.2) is 0 Å². The molecule has 0 fully saturated rings. The van der Waals surface area contributed by atoms with Gasteiger partial charge in [0, 0.05) is 25.1 Å². The van der Waals surface area contributed by atoms with E-state index in [0.29, 0.717) is 15.7 Å². The molecule has 0 saturated heterocycles. The summed E-state index contributed by atoms with van der Waals surface area (Å²) in [4.78, 5) is 41.7. The number of carbonyl (C=O) groups excluding carboxylic acids is 1. The number of nitrogens with one attached hydrogen (secondary N) is 1. The third-order valence-corrected chi connectivity index (χ3v) is 3.28. The van der Waals surface area contributed by atoms with Crippen LogP contribution in [0.3, 0.4) is 0 Å². The highest BCUT2D eigenvalue weighted by Gasteiger charge is 2.07. The molecule has 0 unspecified atom stereocenters. The van der Waals surface area contributed by atoms with Gasteiger partial charge in [-0.05, 0) is 23.9 Å². The Hall–Kier alpha value is -2.22. The van der Waals surface area contributed by atoms with Gasteiger partial charge in [0.1, 0.15) is 5.69 Å². The van der Waals surface area contributed by atoms with Crippen molar-refractivity contribution in [2.75, 3.05) is 0 Å². The van der Waals surface area contributed by atoms with Crippen molar-refractivity contribution >= 4 is 17.5 Å². The van der Waals surface area contributed by atoms with Gasteiger partial charge < -0.3 is 0 Å². The monoisotopic (exact) mass is 278 g/mol. The molecule has 2 aromatic rings. The molecule has 0 radical (unpaired) electrons. The van der Waals surface area contributed by atoms with E-state index in [1.165, 1.54) is 29.6 Å². The van der Waals surface area contributed by atoms with Crippen molar-refractivity contribution < 1.29 is 4.79 Å². The lowest BCUT2D eigenvalue weighted by Crippen LogP contribution is -2.33. The van der Waals surface area contributed by atoms with Gasteiger partial charge >= 0.3 is 11.1 Å². The molecule has 2 rings (SSSR count). The van der Waals surface area contributed by atoms with Crippen molar-refractivity contribution in [2.24, 2.45) is 7.05 Å². The highest BCUT2D eigenvalue weighted by atomic mass is 32.2. The van der Waals surface area contributed by atoms with Crippen LogP contribution in [0.15, 0.2) is 38.0 Å². The second-order valence-electron chi connectivity index (χ2n) is 3.74. The fourth-order valence-electron chi connectivity index (χ4n) is 1.31. The van der Waals surface area contributed by atoms with Gasteiger partial charge in [-0.1, -0.05) is 0 Å². The molecule has 98 valence electrons. The zero-order valence-electron chi connectivity index (χ0n) is 10.2. The van der Waals surface area contributed by atoms with E-state index in [-0.39, 0.29) is 5.78 Å². The van der Waals surface area contributed by atoms with E-state index in [0.717, 1.165) is 0 Å². The molecule has 0 aliphatic rings. The summed E-state index contributed by atoms with van der Waals surface area (Å²) in [5.41, 5.74) is -1.24. The number of carbonyl (C=O) groups is 1. The molecular formula is C11H10N4O3S. The summed E-state index contributed by atoms with van der Waals surface area (Å²) >= 11 is 1.17. The maximum atomic E-state index is 11.2. The quantitative estimate of drug-likeness (QED) is 0.637. The smallest absolute Gasteiger partial charge is 0.293 e. The second kappa shape index (κ2) is 5.19. The Labute approximate surface area is 111 Å². The van der Waals surface area contributed by atoms with Crippen molar-refractivity contribution in [3.05, 3.63) is 44.7 Å². The van der Waals surface area contributed by atoms with E-state index in [1.807, 2.05) is 0 Å². The van der Waals surface area contributed by atoms with E-state index < -0.39 is 11.1 Å². The average molecular weight is 278 g/mol. The fraction of sp³-hybridized carbons (Fsp3) is 0.182. The molecule has 0 aliphatic heterocycles. The number of nitrogens with zero attached hydrogens (tertiary/aromatic N) is 3. The number of hydrogen-bond acceptors (Lipinski definition) is 6. The van der Waals surface area contributed by atoms with Crippen LogP contribution in [0, 0.1) is 0 Å². The summed E-state index contributed by atoms with van der Waals surface area (Å²) in [5.74, 6) is -0.119. The summed E-state index contributed by atoms with van der Waals surface area (Å²) in [6, 6.07) is 3.29. The predicted octanol–water partition coefficient (Wildman–Crippen LogP) is 0.217. The lowest BCUT2D eigenvalue weighted by atomic mass is 10.3. The molecule has 2 aromatic heterocycles. The standard InChI is InChI=1S/C11H10N4O3S/c1-6(16)8-4-3-7(5-12-8)19-11-13-9(17)10(18)14-15(11)2/h3-5H,1-2H3,(H,14,18). The predicted molar refractivity (Wildman–Crippen MR) is 68.5 cm³/mol. The first-order valence-corrected chi connectivity index (χ1v) is 6.11. The SMILES string of the molecule is CC(=O)c1ccc(Sc2nc(=O)c(=O)[nH]n2C)cn1. The number of Topliss-reactive ketones (excluding diaryl/α,β-unsaturated/α-hetero) is 1. The first-order valence-electron chi connectivity index (χ1n) is 5.29. The van der Waals surface area contributed by atoms with Crippen LogP contribution >= 0.6 is 11.8 Å². The van der Waals surface area contributed by atoms with E-state index >= 15 is 0 Å². The zero-order valence-corrected chi connectivity index (χ0v) is 11.0. The van der Waals surface area contributed by atoms with Crippen LogP contribution in [0.1, 0.15) is 17.4 Å². The Kier molecular flexibility index (Phi) is 3.61. The number of pyridine rings is 1. The van der Waals surface area contributed by atoms with Gasteiger partial charge in [0.2, 0.25) is 0 Å². The van der Waals surface area contributed by atoms with Gasteiger partial charge in [-0.2, -0.15) is 4.98 Å². The van der Waals surface area contributed by atoms with Gasteiger partial charge in [-0.15, -0.1) is 0 Å². The van der Waals surface area contributed by atoms with Crippen molar-refractivity contribution in [1.29, 1.82) is 0 Å². The lowest BCUT2D eigenvalue weighted by Gasteiger charge is -2.05. The van der Waals surface area contributed by atoms with Gasteiger partial charge in [-0.3, -0.25) is 29.1 Å². The molecule has 1 N–H and O–H groups in total. The molecule has 8 heteroatoms.